The van der Waals surface area contributed by atoms with Gasteiger partial charge in [0.05, 0.1) is 0 Å². The van der Waals surface area contributed by atoms with Gasteiger partial charge in [0.15, 0.2) is 0 Å². The van der Waals surface area contributed by atoms with Crippen molar-refractivity contribution >= 4 is 5.78 Å². The zero-order valence-corrected chi connectivity index (χ0v) is 7.18. The summed E-state index contributed by atoms with van der Waals surface area (Å²) in [4.78, 5) is 11.2. The smallest absolute Gasteiger partial charge is 0.133 e. The van der Waals surface area contributed by atoms with Crippen LogP contribution in [0.3, 0.4) is 0 Å². The minimum atomic E-state index is 0.444. The highest BCUT2D eigenvalue weighted by molar-refractivity contribution is 5.79. The molecule has 0 amide bonds. The monoisotopic (exact) mass is 152 g/mol. The zero-order chi connectivity index (χ0) is 7.84. The highest BCUT2D eigenvalue weighted by Gasteiger charge is 2.40. The molecule has 0 heterocycles. The van der Waals surface area contributed by atoms with Crippen molar-refractivity contribution in [2.75, 3.05) is 0 Å². The maximum atomic E-state index is 11.2. The fourth-order valence-electron chi connectivity index (χ4n) is 3.07. The van der Waals surface area contributed by atoms with E-state index in [0.29, 0.717) is 11.7 Å². The maximum Gasteiger partial charge on any atom is 0.133 e. The molecule has 1 heteroatoms. The highest BCUT2D eigenvalue weighted by Crippen LogP contribution is 2.47. The minimum absolute atomic E-state index is 0.444. The molecule has 0 spiro atoms. The molecule has 11 heavy (non-hydrogen) atoms. The van der Waals surface area contributed by atoms with E-state index in [9.17, 15) is 4.79 Å². The number of Topliss-reactive ketones (excluding diaryl/α,β-unsaturated/α-hetero) is 1. The van der Waals surface area contributed by atoms with Gasteiger partial charge in [-0.1, -0.05) is 12.8 Å². The van der Waals surface area contributed by atoms with Gasteiger partial charge in [0.25, 0.3) is 0 Å². The molecule has 0 radical (unpaired) electrons. The second kappa shape index (κ2) is 2.62. The molecule has 62 valence electrons. The van der Waals surface area contributed by atoms with Crippen LogP contribution in [0.2, 0.25) is 0 Å². The van der Waals surface area contributed by atoms with Gasteiger partial charge in [0, 0.05) is 5.92 Å². The van der Waals surface area contributed by atoms with Gasteiger partial charge < -0.3 is 0 Å². The highest BCUT2D eigenvalue weighted by atomic mass is 16.1. The molecule has 2 fully saturated rings. The van der Waals surface area contributed by atoms with Crippen LogP contribution in [0.15, 0.2) is 0 Å². The largest absolute Gasteiger partial charge is 0.300 e. The Morgan fingerprint density at radius 2 is 2.00 bits per heavy atom. The quantitative estimate of drug-likeness (QED) is 0.564. The Morgan fingerprint density at radius 3 is 2.73 bits per heavy atom. The van der Waals surface area contributed by atoms with E-state index in [1.54, 1.807) is 6.92 Å². The minimum Gasteiger partial charge on any atom is -0.300 e. The molecular weight excluding hydrogens is 136 g/mol. The number of hydrogen-bond donors (Lipinski definition) is 0. The summed E-state index contributed by atoms with van der Waals surface area (Å²) in [6.07, 6.45) is 6.61. The number of hydrogen-bond acceptors (Lipinski definition) is 1. The van der Waals surface area contributed by atoms with Crippen molar-refractivity contribution in [3.63, 3.8) is 0 Å². The van der Waals surface area contributed by atoms with Crippen LogP contribution in [0.25, 0.3) is 0 Å². The lowest BCUT2D eigenvalue weighted by atomic mass is 9.89. The predicted molar refractivity (Wildman–Crippen MR) is 44.2 cm³/mol. The molecule has 0 bridgehead atoms. The first-order valence-corrected chi connectivity index (χ1v) is 4.79. The van der Waals surface area contributed by atoms with Gasteiger partial charge in [-0.05, 0) is 38.0 Å². The lowest BCUT2D eigenvalue weighted by Crippen LogP contribution is -2.16. The van der Waals surface area contributed by atoms with Crippen LogP contribution in [0.5, 0.6) is 0 Å². The maximum absolute atomic E-state index is 11.2. The summed E-state index contributed by atoms with van der Waals surface area (Å²) < 4.78 is 0. The summed E-state index contributed by atoms with van der Waals surface area (Å²) in [5.41, 5.74) is 0. The number of ketones is 1. The lowest BCUT2D eigenvalue weighted by molar-refractivity contribution is -0.121. The summed E-state index contributed by atoms with van der Waals surface area (Å²) in [6, 6.07) is 0. The second-order valence-electron chi connectivity index (χ2n) is 4.15. The van der Waals surface area contributed by atoms with E-state index in [-0.39, 0.29) is 0 Å². The third-order valence-corrected chi connectivity index (χ3v) is 3.61. The van der Waals surface area contributed by atoms with E-state index >= 15 is 0 Å². The average molecular weight is 152 g/mol. The van der Waals surface area contributed by atoms with Gasteiger partial charge in [-0.15, -0.1) is 0 Å². The van der Waals surface area contributed by atoms with Crippen LogP contribution < -0.4 is 0 Å². The van der Waals surface area contributed by atoms with Crippen molar-refractivity contribution in [3.05, 3.63) is 0 Å². The molecule has 3 atom stereocenters. The first kappa shape index (κ1) is 7.33. The molecule has 1 nitrogen and oxygen atoms in total. The Hall–Kier alpha value is -0.330. The van der Waals surface area contributed by atoms with E-state index in [0.717, 1.165) is 11.8 Å². The van der Waals surface area contributed by atoms with Crippen LogP contribution >= 0.6 is 0 Å². The fraction of sp³-hybridized carbons (Fsp3) is 0.900. The van der Waals surface area contributed by atoms with Crippen LogP contribution in [0, 0.1) is 17.8 Å². The molecule has 2 saturated carbocycles. The third kappa shape index (κ3) is 1.11. The number of rotatable bonds is 1. The van der Waals surface area contributed by atoms with Gasteiger partial charge in [-0.3, -0.25) is 4.79 Å². The van der Waals surface area contributed by atoms with E-state index in [4.69, 9.17) is 0 Å². The Balaban J connectivity index is 2.08. The van der Waals surface area contributed by atoms with E-state index in [2.05, 4.69) is 0 Å². The molecule has 0 aromatic carbocycles. The van der Waals surface area contributed by atoms with E-state index in [1.807, 2.05) is 0 Å². The summed E-state index contributed by atoms with van der Waals surface area (Å²) >= 11 is 0. The van der Waals surface area contributed by atoms with Crippen LogP contribution in [-0.4, -0.2) is 5.78 Å². The summed E-state index contributed by atoms with van der Waals surface area (Å²) in [5, 5.41) is 0. The normalized spacial score (nSPS) is 42.5. The SMILES string of the molecule is CC(=O)C1CCC2CCCC21. The van der Waals surface area contributed by atoms with Crippen molar-refractivity contribution in [3.8, 4) is 0 Å². The summed E-state index contributed by atoms with van der Waals surface area (Å²) in [5.74, 6) is 2.60. The van der Waals surface area contributed by atoms with E-state index in [1.165, 1.54) is 32.1 Å². The summed E-state index contributed by atoms with van der Waals surface area (Å²) in [7, 11) is 0. The molecule has 3 unspecified atom stereocenters. The molecule has 0 aromatic heterocycles. The van der Waals surface area contributed by atoms with Gasteiger partial charge in [-0.2, -0.15) is 0 Å². The first-order chi connectivity index (χ1) is 5.29. The molecule has 0 aliphatic heterocycles. The van der Waals surface area contributed by atoms with Crippen molar-refractivity contribution < 1.29 is 4.79 Å². The van der Waals surface area contributed by atoms with Crippen molar-refractivity contribution in [2.45, 2.75) is 39.0 Å². The topological polar surface area (TPSA) is 17.1 Å². The van der Waals surface area contributed by atoms with Gasteiger partial charge in [0.1, 0.15) is 5.78 Å². The molecular formula is C10H16O. The van der Waals surface area contributed by atoms with Gasteiger partial charge in [-0.25, -0.2) is 0 Å². The number of carbonyl (C=O) groups is 1. The third-order valence-electron chi connectivity index (χ3n) is 3.61. The van der Waals surface area contributed by atoms with Gasteiger partial charge in [0.2, 0.25) is 0 Å². The lowest BCUT2D eigenvalue weighted by Gasteiger charge is -2.14. The Kier molecular flexibility index (Phi) is 1.74. The molecule has 2 aliphatic rings. The second-order valence-corrected chi connectivity index (χ2v) is 4.15. The van der Waals surface area contributed by atoms with Crippen molar-refractivity contribution in [1.82, 2.24) is 0 Å². The Bertz CT molecular complexity index is 174. The van der Waals surface area contributed by atoms with Crippen molar-refractivity contribution in [1.29, 1.82) is 0 Å². The predicted octanol–water partition coefficient (Wildman–Crippen LogP) is 2.40. The van der Waals surface area contributed by atoms with Crippen LogP contribution in [0.4, 0.5) is 0 Å². The first-order valence-electron chi connectivity index (χ1n) is 4.79. The van der Waals surface area contributed by atoms with E-state index < -0.39 is 0 Å². The number of carbonyl (C=O) groups excluding carboxylic acids is 1. The summed E-state index contributed by atoms with van der Waals surface area (Å²) in [6.45, 7) is 1.77. The molecule has 0 saturated heterocycles. The molecule has 0 N–H and O–H groups in total. The van der Waals surface area contributed by atoms with Crippen molar-refractivity contribution in [2.24, 2.45) is 17.8 Å². The Morgan fingerprint density at radius 1 is 1.18 bits per heavy atom. The Labute approximate surface area is 68.2 Å². The number of fused-ring (bicyclic) bond motifs is 1. The average Bonchev–Trinajstić information content (AvgIpc) is 2.41. The van der Waals surface area contributed by atoms with Crippen LogP contribution in [-0.2, 0) is 4.79 Å². The molecule has 2 aliphatic carbocycles. The molecule has 0 aromatic rings. The van der Waals surface area contributed by atoms with Gasteiger partial charge >= 0.3 is 0 Å². The molecule has 2 rings (SSSR count). The fourth-order valence-corrected chi connectivity index (χ4v) is 3.07. The zero-order valence-electron chi connectivity index (χ0n) is 7.18. The standard InChI is InChI=1S/C10H16O/c1-7(11)9-6-5-8-3-2-4-10(8)9/h8-10H,2-6H2,1H3. The van der Waals surface area contributed by atoms with Crippen LogP contribution in [0.1, 0.15) is 39.0 Å².